The summed E-state index contributed by atoms with van der Waals surface area (Å²) in [7, 11) is 0. The molecule has 9 nitrogen and oxygen atoms in total. The molecule has 1 saturated heterocycles. The second-order valence-corrected chi connectivity index (χ2v) is 6.11. The van der Waals surface area contributed by atoms with E-state index in [0.717, 1.165) is 12.1 Å². The largest absolute Gasteiger partial charge is 0.342 e. The molecule has 27 heavy (non-hydrogen) atoms. The lowest BCUT2D eigenvalue weighted by molar-refractivity contribution is -0.119. The molecule has 2 heterocycles. The van der Waals surface area contributed by atoms with Crippen molar-refractivity contribution in [3.63, 3.8) is 0 Å². The van der Waals surface area contributed by atoms with Crippen LogP contribution in [-0.2, 0) is 9.59 Å². The van der Waals surface area contributed by atoms with Crippen LogP contribution >= 0.6 is 0 Å². The van der Waals surface area contributed by atoms with E-state index in [1.165, 1.54) is 13.3 Å². The second-order valence-electron chi connectivity index (χ2n) is 6.11. The van der Waals surface area contributed by atoms with Gasteiger partial charge in [-0.25, -0.2) is 9.97 Å². The van der Waals surface area contributed by atoms with Crippen molar-refractivity contribution in [2.75, 3.05) is 36.8 Å². The van der Waals surface area contributed by atoms with Gasteiger partial charge in [0.05, 0.1) is 0 Å². The van der Waals surface area contributed by atoms with Crippen LogP contribution in [0, 0.1) is 0 Å². The number of aromatic nitrogens is 2. The molecule has 0 saturated carbocycles. The van der Waals surface area contributed by atoms with E-state index < -0.39 is 0 Å². The van der Waals surface area contributed by atoms with Crippen molar-refractivity contribution in [2.45, 2.75) is 6.92 Å². The zero-order chi connectivity index (χ0) is 19.2. The maximum atomic E-state index is 12.6. The Hall–Kier alpha value is -3.49. The molecule has 2 aromatic rings. The SMILES string of the molecule is CC(=O)Nc1ccc(Nc2cc(C(=O)N3CCN(C=O)CC3)ncn2)cc1. The van der Waals surface area contributed by atoms with Gasteiger partial charge in [-0.3, -0.25) is 14.4 Å². The van der Waals surface area contributed by atoms with Crippen molar-refractivity contribution < 1.29 is 14.4 Å². The quantitative estimate of drug-likeness (QED) is 0.765. The normalized spacial score (nSPS) is 13.8. The minimum absolute atomic E-state index is 0.136. The summed E-state index contributed by atoms with van der Waals surface area (Å²) < 4.78 is 0. The van der Waals surface area contributed by atoms with Crippen LogP contribution in [0.25, 0.3) is 0 Å². The minimum Gasteiger partial charge on any atom is -0.342 e. The zero-order valence-corrected chi connectivity index (χ0v) is 14.9. The van der Waals surface area contributed by atoms with Crippen LogP contribution in [0.2, 0.25) is 0 Å². The van der Waals surface area contributed by atoms with Crippen molar-refractivity contribution in [2.24, 2.45) is 0 Å². The standard InChI is InChI=1S/C18H20N6O3/c1-13(26)21-14-2-4-15(5-3-14)22-17-10-16(19-11-20-17)18(27)24-8-6-23(12-25)7-9-24/h2-5,10-12H,6-9H2,1H3,(H,21,26)(H,19,20,22). The Morgan fingerprint density at radius 3 is 2.33 bits per heavy atom. The maximum Gasteiger partial charge on any atom is 0.272 e. The van der Waals surface area contributed by atoms with Crippen molar-refractivity contribution in [3.05, 3.63) is 42.4 Å². The molecule has 2 N–H and O–H groups in total. The highest BCUT2D eigenvalue weighted by Gasteiger charge is 2.22. The molecule has 0 spiro atoms. The van der Waals surface area contributed by atoms with Gasteiger partial charge in [0.25, 0.3) is 5.91 Å². The van der Waals surface area contributed by atoms with E-state index in [4.69, 9.17) is 0 Å². The van der Waals surface area contributed by atoms with Crippen molar-refractivity contribution in [3.8, 4) is 0 Å². The molecule has 1 fully saturated rings. The number of hydrogen-bond acceptors (Lipinski definition) is 6. The first-order valence-electron chi connectivity index (χ1n) is 8.50. The van der Waals surface area contributed by atoms with E-state index in [9.17, 15) is 14.4 Å². The fourth-order valence-electron chi connectivity index (χ4n) is 2.72. The highest BCUT2D eigenvalue weighted by atomic mass is 16.2. The van der Waals surface area contributed by atoms with E-state index in [0.29, 0.717) is 43.4 Å². The third-order valence-electron chi connectivity index (χ3n) is 4.11. The molecule has 1 aromatic heterocycles. The number of carbonyl (C=O) groups is 3. The van der Waals surface area contributed by atoms with Crippen LogP contribution in [0.4, 0.5) is 17.2 Å². The van der Waals surface area contributed by atoms with Crippen LogP contribution in [0.15, 0.2) is 36.7 Å². The molecule has 3 rings (SSSR count). The molecule has 140 valence electrons. The average Bonchev–Trinajstić information content (AvgIpc) is 2.69. The third-order valence-corrected chi connectivity index (χ3v) is 4.11. The predicted molar refractivity (Wildman–Crippen MR) is 99.6 cm³/mol. The molecule has 3 amide bonds. The summed E-state index contributed by atoms with van der Waals surface area (Å²) in [6.45, 7) is 3.45. The summed E-state index contributed by atoms with van der Waals surface area (Å²) in [5.74, 6) is 0.169. The number of piperazine rings is 1. The predicted octanol–water partition coefficient (Wildman–Crippen LogP) is 1.09. The van der Waals surface area contributed by atoms with Crippen molar-refractivity contribution >= 4 is 35.4 Å². The minimum atomic E-state index is -0.188. The van der Waals surface area contributed by atoms with Gasteiger partial charge in [-0.15, -0.1) is 0 Å². The topological polar surface area (TPSA) is 108 Å². The molecule has 0 radical (unpaired) electrons. The molecule has 0 bridgehead atoms. The number of hydrogen-bond donors (Lipinski definition) is 2. The number of amides is 3. The Bertz CT molecular complexity index is 831. The summed E-state index contributed by atoms with van der Waals surface area (Å²) in [4.78, 5) is 46.0. The van der Waals surface area contributed by atoms with Crippen LogP contribution in [0.3, 0.4) is 0 Å². The van der Waals surface area contributed by atoms with Crippen molar-refractivity contribution in [1.29, 1.82) is 0 Å². The lowest BCUT2D eigenvalue weighted by Crippen LogP contribution is -2.48. The Balaban J connectivity index is 1.65. The summed E-state index contributed by atoms with van der Waals surface area (Å²) in [5, 5.41) is 5.81. The summed E-state index contributed by atoms with van der Waals surface area (Å²) in [5.41, 5.74) is 1.75. The first kappa shape index (κ1) is 18.3. The third kappa shape index (κ3) is 4.78. The smallest absolute Gasteiger partial charge is 0.272 e. The molecule has 1 aliphatic rings. The van der Waals surface area contributed by atoms with E-state index in [-0.39, 0.29) is 11.8 Å². The highest BCUT2D eigenvalue weighted by molar-refractivity contribution is 5.93. The first-order valence-corrected chi connectivity index (χ1v) is 8.50. The Labute approximate surface area is 156 Å². The molecule has 9 heteroatoms. The van der Waals surface area contributed by atoms with E-state index in [1.807, 2.05) is 0 Å². The number of carbonyl (C=O) groups excluding carboxylic acids is 3. The number of nitrogens with one attached hydrogen (secondary N) is 2. The molecule has 0 atom stereocenters. The van der Waals surface area contributed by atoms with Gasteiger partial charge in [0.15, 0.2) is 0 Å². The molecule has 1 aliphatic heterocycles. The average molecular weight is 368 g/mol. The summed E-state index contributed by atoms with van der Waals surface area (Å²) >= 11 is 0. The van der Waals surface area contributed by atoms with E-state index in [1.54, 1.807) is 40.1 Å². The lowest BCUT2D eigenvalue weighted by atomic mass is 10.2. The van der Waals surface area contributed by atoms with Crippen LogP contribution in [0.1, 0.15) is 17.4 Å². The number of benzene rings is 1. The molecular weight excluding hydrogens is 348 g/mol. The van der Waals surface area contributed by atoms with Gasteiger partial charge in [-0.05, 0) is 24.3 Å². The summed E-state index contributed by atoms with van der Waals surface area (Å²) in [6.07, 6.45) is 2.13. The maximum absolute atomic E-state index is 12.6. The molecule has 0 aliphatic carbocycles. The van der Waals surface area contributed by atoms with Crippen LogP contribution in [0.5, 0.6) is 0 Å². The molecule has 0 unspecified atom stereocenters. The monoisotopic (exact) mass is 368 g/mol. The Kier molecular flexibility index (Phi) is 5.60. The van der Waals surface area contributed by atoms with Gasteiger partial charge in [0.1, 0.15) is 17.8 Å². The van der Waals surface area contributed by atoms with E-state index in [2.05, 4.69) is 20.6 Å². The van der Waals surface area contributed by atoms with Crippen LogP contribution < -0.4 is 10.6 Å². The second kappa shape index (κ2) is 8.26. The fourth-order valence-corrected chi connectivity index (χ4v) is 2.72. The highest BCUT2D eigenvalue weighted by Crippen LogP contribution is 2.18. The van der Waals surface area contributed by atoms with Gasteiger partial charge in [0.2, 0.25) is 12.3 Å². The van der Waals surface area contributed by atoms with Crippen molar-refractivity contribution in [1.82, 2.24) is 19.8 Å². The van der Waals surface area contributed by atoms with E-state index >= 15 is 0 Å². The van der Waals surface area contributed by atoms with Gasteiger partial charge in [-0.2, -0.15) is 0 Å². The zero-order valence-electron chi connectivity index (χ0n) is 14.9. The van der Waals surface area contributed by atoms with Gasteiger partial charge >= 0.3 is 0 Å². The summed E-state index contributed by atoms with van der Waals surface area (Å²) in [6, 6.07) is 8.73. The van der Waals surface area contributed by atoms with Gasteiger partial charge in [0, 0.05) is 50.5 Å². The number of rotatable bonds is 5. The fraction of sp³-hybridized carbons (Fsp3) is 0.278. The first-order chi connectivity index (χ1) is 13.0. The number of anilines is 3. The Morgan fingerprint density at radius 2 is 1.70 bits per heavy atom. The van der Waals surface area contributed by atoms with Crippen LogP contribution in [-0.4, -0.2) is 64.2 Å². The number of nitrogens with zero attached hydrogens (tertiary/aromatic N) is 4. The Morgan fingerprint density at radius 1 is 1.04 bits per heavy atom. The van der Waals surface area contributed by atoms with Gasteiger partial charge < -0.3 is 20.4 Å². The molecular formula is C18H20N6O3. The lowest BCUT2D eigenvalue weighted by Gasteiger charge is -2.32. The van der Waals surface area contributed by atoms with Gasteiger partial charge in [-0.1, -0.05) is 0 Å². The molecule has 1 aromatic carbocycles.